The van der Waals surface area contributed by atoms with Crippen LogP contribution in [0.5, 0.6) is 0 Å². The lowest BCUT2D eigenvalue weighted by molar-refractivity contribution is 0.812. The Labute approximate surface area is 76.4 Å². The molecule has 12 heavy (non-hydrogen) atoms. The summed E-state index contributed by atoms with van der Waals surface area (Å²) in [6.07, 6.45) is 10.2. The normalized spacial score (nSPS) is 9.00. The van der Waals surface area contributed by atoms with Crippen molar-refractivity contribution in [2.24, 2.45) is 0 Å². The molecule has 0 unspecified atom stereocenters. The largest absolute Gasteiger partial charge is 0.120 e. The smallest absolute Gasteiger partial charge is 0.0294 e. The maximum absolute atomic E-state index is 5.16. The Hall–Kier alpha value is -0.960. The lowest BCUT2D eigenvalue weighted by Gasteiger charge is -2.03. The van der Waals surface area contributed by atoms with Crippen molar-refractivity contribution in [1.29, 1.82) is 0 Å². The van der Waals surface area contributed by atoms with Crippen LogP contribution in [0, 0.1) is 12.3 Å². The predicted molar refractivity (Wildman–Crippen MR) is 55.9 cm³/mol. The molecule has 0 heterocycles. The molecule has 0 amide bonds. The van der Waals surface area contributed by atoms with Crippen molar-refractivity contribution in [3.8, 4) is 12.3 Å². The average Bonchev–Trinajstić information content (AvgIpc) is 2.02. The summed E-state index contributed by atoms with van der Waals surface area (Å²) in [7, 11) is 0. The Kier molecular flexibility index (Phi) is 6.19. The van der Waals surface area contributed by atoms with E-state index in [4.69, 9.17) is 6.42 Å². The first-order chi connectivity index (χ1) is 5.70. The van der Waals surface area contributed by atoms with Gasteiger partial charge in [-0.05, 0) is 19.3 Å². The topological polar surface area (TPSA) is 0 Å². The third-order valence-corrected chi connectivity index (χ3v) is 1.79. The third kappa shape index (κ3) is 5.80. The fraction of sp³-hybridized carbons (Fsp3) is 0.500. The Bertz CT molecular complexity index is 191. The predicted octanol–water partition coefficient (Wildman–Crippen LogP) is 3.70. The molecule has 0 aliphatic rings. The molecule has 0 saturated carbocycles. The van der Waals surface area contributed by atoms with Gasteiger partial charge in [0.15, 0.2) is 0 Å². The minimum absolute atomic E-state index is 0.708. The fourth-order valence-electron chi connectivity index (χ4n) is 1.06. The van der Waals surface area contributed by atoms with E-state index in [0.717, 1.165) is 24.8 Å². The van der Waals surface area contributed by atoms with Crippen LogP contribution in [0.25, 0.3) is 0 Å². The number of hydrogen-bond acceptors (Lipinski definition) is 0. The van der Waals surface area contributed by atoms with Crippen molar-refractivity contribution in [2.75, 3.05) is 0 Å². The fourth-order valence-corrected chi connectivity index (χ4v) is 1.06. The highest BCUT2D eigenvalue weighted by atomic mass is 14.0. The summed E-state index contributed by atoms with van der Waals surface area (Å²) >= 11 is 0. The standard InChI is InChI=1S/C12H18/c1-5-7-11(3)9-10-12(4)8-6-2/h1H,3-4,6-10H2,2H3. The van der Waals surface area contributed by atoms with Gasteiger partial charge in [0.2, 0.25) is 0 Å². The Morgan fingerprint density at radius 2 is 1.75 bits per heavy atom. The van der Waals surface area contributed by atoms with Gasteiger partial charge in [0.1, 0.15) is 0 Å². The van der Waals surface area contributed by atoms with Gasteiger partial charge in [-0.25, -0.2) is 0 Å². The Morgan fingerprint density at radius 3 is 2.25 bits per heavy atom. The van der Waals surface area contributed by atoms with Crippen molar-refractivity contribution in [2.45, 2.75) is 39.0 Å². The highest BCUT2D eigenvalue weighted by molar-refractivity contribution is 5.08. The molecular weight excluding hydrogens is 144 g/mol. The zero-order valence-corrected chi connectivity index (χ0v) is 8.03. The summed E-state index contributed by atoms with van der Waals surface area (Å²) in [6.45, 7) is 10.0. The molecule has 0 bridgehead atoms. The van der Waals surface area contributed by atoms with E-state index in [0.29, 0.717) is 6.42 Å². The maximum Gasteiger partial charge on any atom is 0.0294 e. The lowest BCUT2D eigenvalue weighted by atomic mass is 10.0. The molecule has 0 aromatic carbocycles. The van der Waals surface area contributed by atoms with Crippen LogP contribution in [0.4, 0.5) is 0 Å². The van der Waals surface area contributed by atoms with Gasteiger partial charge in [-0.15, -0.1) is 12.3 Å². The van der Waals surface area contributed by atoms with Crippen LogP contribution in [0.1, 0.15) is 39.0 Å². The van der Waals surface area contributed by atoms with Crippen LogP contribution >= 0.6 is 0 Å². The third-order valence-electron chi connectivity index (χ3n) is 1.79. The highest BCUT2D eigenvalue weighted by Gasteiger charge is 1.95. The first-order valence-electron chi connectivity index (χ1n) is 4.47. The minimum atomic E-state index is 0.708. The summed E-state index contributed by atoms with van der Waals surface area (Å²) in [6, 6.07) is 0. The van der Waals surface area contributed by atoms with Gasteiger partial charge in [-0.2, -0.15) is 0 Å². The summed E-state index contributed by atoms with van der Waals surface area (Å²) in [5.74, 6) is 2.59. The quantitative estimate of drug-likeness (QED) is 0.412. The molecule has 0 rings (SSSR count). The summed E-state index contributed by atoms with van der Waals surface area (Å²) in [5.41, 5.74) is 2.46. The van der Waals surface area contributed by atoms with E-state index in [2.05, 4.69) is 26.0 Å². The molecule has 0 atom stereocenters. The van der Waals surface area contributed by atoms with Crippen LogP contribution < -0.4 is 0 Å². The molecule has 0 heteroatoms. The van der Waals surface area contributed by atoms with Crippen LogP contribution in [0.15, 0.2) is 24.3 Å². The number of terminal acetylenes is 1. The summed E-state index contributed by atoms with van der Waals surface area (Å²) in [5, 5.41) is 0. The number of hydrogen-bond donors (Lipinski definition) is 0. The average molecular weight is 162 g/mol. The second-order valence-corrected chi connectivity index (χ2v) is 3.13. The van der Waals surface area contributed by atoms with Crippen LogP contribution in [0.2, 0.25) is 0 Å². The van der Waals surface area contributed by atoms with E-state index < -0.39 is 0 Å². The molecule has 0 aromatic heterocycles. The SMILES string of the molecule is C#CCC(=C)CCC(=C)CCC. The van der Waals surface area contributed by atoms with Crippen molar-refractivity contribution in [3.05, 3.63) is 24.3 Å². The van der Waals surface area contributed by atoms with Gasteiger partial charge in [0, 0.05) is 6.42 Å². The van der Waals surface area contributed by atoms with Crippen LogP contribution in [-0.4, -0.2) is 0 Å². The van der Waals surface area contributed by atoms with Crippen molar-refractivity contribution in [3.63, 3.8) is 0 Å². The Morgan fingerprint density at radius 1 is 1.17 bits per heavy atom. The molecule has 0 N–H and O–H groups in total. The van der Waals surface area contributed by atoms with Gasteiger partial charge in [0.05, 0.1) is 0 Å². The highest BCUT2D eigenvalue weighted by Crippen LogP contribution is 2.14. The maximum atomic E-state index is 5.16. The molecule has 0 aliphatic carbocycles. The molecule has 0 nitrogen and oxygen atoms in total. The first kappa shape index (κ1) is 11.0. The Balaban J connectivity index is 3.48. The van der Waals surface area contributed by atoms with E-state index in [-0.39, 0.29) is 0 Å². The molecular formula is C12H18. The first-order valence-corrected chi connectivity index (χ1v) is 4.47. The zero-order chi connectivity index (χ0) is 9.40. The molecule has 0 fully saturated rings. The van der Waals surface area contributed by atoms with Crippen molar-refractivity contribution >= 4 is 0 Å². The van der Waals surface area contributed by atoms with E-state index in [1.54, 1.807) is 0 Å². The van der Waals surface area contributed by atoms with Crippen molar-refractivity contribution < 1.29 is 0 Å². The summed E-state index contributed by atoms with van der Waals surface area (Å²) in [4.78, 5) is 0. The van der Waals surface area contributed by atoms with Gasteiger partial charge in [0.25, 0.3) is 0 Å². The zero-order valence-electron chi connectivity index (χ0n) is 8.03. The lowest BCUT2D eigenvalue weighted by Crippen LogP contribution is -1.84. The molecule has 0 aliphatic heterocycles. The van der Waals surface area contributed by atoms with Crippen molar-refractivity contribution in [1.82, 2.24) is 0 Å². The van der Waals surface area contributed by atoms with E-state index >= 15 is 0 Å². The van der Waals surface area contributed by atoms with Gasteiger partial charge >= 0.3 is 0 Å². The molecule has 0 spiro atoms. The monoisotopic (exact) mass is 162 g/mol. The van der Waals surface area contributed by atoms with Gasteiger partial charge in [-0.1, -0.05) is 37.6 Å². The number of rotatable bonds is 6. The second-order valence-electron chi connectivity index (χ2n) is 3.13. The van der Waals surface area contributed by atoms with E-state index in [1.807, 2.05) is 0 Å². The molecule has 66 valence electrons. The summed E-state index contributed by atoms with van der Waals surface area (Å²) < 4.78 is 0. The van der Waals surface area contributed by atoms with Gasteiger partial charge < -0.3 is 0 Å². The van der Waals surface area contributed by atoms with E-state index in [1.165, 1.54) is 12.0 Å². The van der Waals surface area contributed by atoms with Gasteiger partial charge in [-0.3, -0.25) is 0 Å². The molecule has 0 aromatic rings. The number of allylic oxidation sites excluding steroid dienone is 2. The second kappa shape index (κ2) is 6.73. The molecule has 0 radical (unpaired) electrons. The molecule has 0 saturated heterocycles. The van der Waals surface area contributed by atoms with E-state index in [9.17, 15) is 0 Å². The minimum Gasteiger partial charge on any atom is -0.120 e. The van der Waals surface area contributed by atoms with Crippen LogP contribution in [-0.2, 0) is 0 Å². The van der Waals surface area contributed by atoms with Crippen LogP contribution in [0.3, 0.4) is 0 Å².